The fourth-order valence-electron chi connectivity index (χ4n) is 7.16. The molecule has 0 aliphatic carbocycles. The average Bonchev–Trinajstić information content (AvgIpc) is 3.69. The van der Waals surface area contributed by atoms with Crippen LogP contribution in [0.5, 0.6) is 0 Å². The van der Waals surface area contributed by atoms with Crippen molar-refractivity contribution in [2.75, 3.05) is 0 Å². The Bertz CT molecular complexity index is 2740. The van der Waals surface area contributed by atoms with Crippen molar-refractivity contribution in [2.24, 2.45) is 0 Å². The molecule has 0 saturated carbocycles. The van der Waals surface area contributed by atoms with E-state index in [-0.39, 0.29) is 0 Å². The summed E-state index contributed by atoms with van der Waals surface area (Å²) in [5.41, 5.74) is 7.61. The fraction of sp³-hybridized carbons (Fsp3) is 0. The summed E-state index contributed by atoms with van der Waals surface area (Å²) in [5.74, 6) is 1.88. The molecule has 0 atom stereocenters. The van der Waals surface area contributed by atoms with Crippen LogP contribution in [0.25, 0.3) is 88.6 Å². The molecule has 0 aliphatic rings. The lowest BCUT2D eigenvalue weighted by atomic mass is 9.99. The Balaban J connectivity index is 1.37. The lowest BCUT2D eigenvalue weighted by Crippen LogP contribution is -2.06. The molecule has 0 N–H and O–H groups in total. The van der Waals surface area contributed by atoms with Crippen LogP contribution in [0.3, 0.4) is 0 Å². The molecule has 10 rings (SSSR count). The molecule has 0 radical (unpaired) electrons. The number of para-hydroxylation sites is 3. The maximum atomic E-state index is 5.13. The number of benzene rings is 6. The van der Waals surface area contributed by atoms with Gasteiger partial charge in [0.25, 0.3) is 0 Å². The molecule has 0 bridgehead atoms. The number of hydrogen-bond donors (Lipinski definition) is 0. The summed E-state index contributed by atoms with van der Waals surface area (Å²) in [6.07, 6.45) is 0. The minimum Gasteiger partial charge on any atom is -0.309 e. The van der Waals surface area contributed by atoms with Crippen molar-refractivity contribution in [1.82, 2.24) is 23.9 Å². The predicted molar refractivity (Wildman–Crippen MR) is 189 cm³/mol. The Morgan fingerprint density at radius 1 is 0.370 bits per heavy atom. The number of pyridine rings is 1. The van der Waals surface area contributed by atoms with Gasteiger partial charge >= 0.3 is 0 Å². The van der Waals surface area contributed by atoms with Crippen LogP contribution in [0.2, 0.25) is 0 Å². The van der Waals surface area contributed by atoms with Gasteiger partial charge in [0.15, 0.2) is 11.6 Å². The molecule has 4 aromatic heterocycles. The average molecular weight is 588 g/mol. The van der Waals surface area contributed by atoms with Crippen molar-refractivity contribution < 1.29 is 0 Å². The second-order valence-corrected chi connectivity index (χ2v) is 11.7. The lowest BCUT2D eigenvalue weighted by molar-refractivity contribution is 0.953. The number of nitrogens with zero attached hydrogens (tertiary/aromatic N) is 5. The molecule has 0 unspecified atom stereocenters. The van der Waals surface area contributed by atoms with E-state index in [4.69, 9.17) is 15.0 Å². The molecule has 0 aliphatic heterocycles. The Morgan fingerprint density at radius 2 is 0.913 bits per heavy atom. The van der Waals surface area contributed by atoms with E-state index in [9.17, 15) is 0 Å². The van der Waals surface area contributed by atoms with Gasteiger partial charge in [-0.2, -0.15) is 9.97 Å². The van der Waals surface area contributed by atoms with Gasteiger partial charge in [-0.15, -0.1) is 0 Å². The summed E-state index contributed by atoms with van der Waals surface area (Å²) in [6.45, 7) is 0. The third kappa shape index (κ3) is 3.54. The first kappa shape index (κ1) is 25.0. The van der Waals surface area contributed by atoms with Crippen molar-refractivity contribution >= 4 is 59.9 Å². The van der Waals surface area contributed by atoms with Crippen molar-refractivity contribution in [3.63, 3.8) is 0 Å². The minimum atomic E-state index is 0.595. The molecule has 6 aromatic carbocycles. The molecule has 4 heterocycles. The first-order valence-corrected chi connectivity index (χ1v) is 15.5. The summed E-state index contributed by atoms with van der Waals surface area (Å²) < 4.78 is 4.61. The second-order valence-electron chi connectivity index (χ2n) is 11.7. The lowest BCUT2D eigenvalue weighted by Gasteiger charge is -2.13. The van der Waals surface area contributed by atoms with Gasteiger partial charge < -0.3 is 4.40 Å². The molecule has 0 fully saturated rings. The highest BCUT2D eigenvalue weighted by Crippen LogP contribution is 2.42. The van der Waals surface area contributed by atoms with E-state index in [0.29, 0.717) is 17.6 Å². The van der Waals surface area contributed by atoms with Gasteiger partial charge in [-0.3, -0.25) is 4.57 Å². The van der Waals surface area contributed by atoms with E-state index in [2.05, 4.69) is 100.0 Å². The summed E-state index contributed by atoms with van der Waals surface area (Å²) in [7, 11) is 0. The molecule has 214 valence electrons. The molecule has 0 amide bonds. The highest BCUT2D eigenvalue weighted by Gasteiger charge is 2.21. The van der Waals surface area contributed by atoms with E-state index in [0.717, 1.165) is 27.5 Å². The SMILES string of the molecule is c1ccc(-c2nc(-c3ccccc3)nc(-n3c4ccccc4c4c5c6ccccc6n6c7ccccc7cc6c5ccc43)n2)cc1. The van der Waals surface area contributed by atoms with Gasteiger partial charge in [0.05, 0.1) is 27.6 Å². The quantitative estimate of drug-likeness (QED) is 0.193. The maximum Gasteiger partial charge on any atom is 0.238 e. The summed E-state index contributed by atoms with van der Waals surface area (Å²) in [6, 6.07) is 53.1. The highest BCUT2D eigenvalue weighted by atomic mass is 15.2. The smallest absolute Gasteiger partial charge is 0.238 e. The molecule has 0 spiro atoms. The van der Waals surface area contributed by atoms with Crippen LogP contribution in [0, 0.1) is 0 Å². The molecular weight excluding hydrogens is 562 g/mol. The van der Waals surface area contributed by atoms with Gasteiger partial charge in [-0.05, 0) is 30.3 Å². The van der Waals surface area contributed by atoms with Crippen molar-refractivity contribution in [2.45, 2.75) is 0 Å². The molecule has 0 saturated heterocycles. The van der Waals surface area contributed by atoms with Crippen molar-refractivity contribution in [1.29, 1.82) is 0 Å². The number of rotatable bonds is 3. The molecule has 10 aromatic rings. The van der Waals surface area contributed by atoms with Crippen LogP contribution in [0.1, 0.15) is 0 Å². The predicted octanol–water partition coefficient (Wildman–Crippen LogP) is 10.0. The van der Waals surface area contributed by atoms with E-state index < -0.39 is 0 Å². The second kappa shape index (κ2) is 9.58. The minimum absolute atomic E-state index is 0.595. The summed E-state index contributed by atoms with van der Waals surface area (Å²) in [4.78, 5) is 15.2. The third-order valence-corrected chi connectivity index (χ3v) is 9.13. The number of aromatic nitrogens is 5. The Labute approximate surface area is 263 Å². The van der Waals surface area contributed by atoms with E-state index in [1.807, 2.05) is 60.7 Å². The topological polar surface area (TPSA) is 48.0 Å². The van der Waals surface area contributed by atoms with Crippen LogP contribution in [0.4, 0.5) is 0 Å². The first-order chi connectivity index (χ1) is 22.8. The van der Waals surface area contributed by atoms with Gasteiger partial charge in [-0.25, -0.2) is 4.98 Å². The van der Waals surface area contributed by atoms with E-state index in [1.54, 1.807) is 0 Å². The van der Waals surface area contributed by atoms with Gasteiger partial charge in [-0.1, -0.05) is 121 Å². The largest absolute Gasteiger partial charge is 0.309 e. The van der Waals surface area contributed by atoms with Crippen LogP contribution in [0.15, 0.2) is 152 Å². The normalized spacial score (nSPS) is 11.9. The third-order valence-electron chi connectivity index (χ3n) is 9.13. The maximum absolute atomic E-state index is 5.13. The Morgan fingerprint density at radius 3 is 1.61 bits per heavy atom. The Hall–Kier alpha value is -6.33. The summed E-state index contributed by atoms with van der Waals surface area (Å²) in [5, 5.41) is 7.26. The number of fused-ring (bicyclic) bond motifs is 12. The zero-order chi connectivity index (χ0) is 30.2. The zero-order valence-corrected chi connectivity index (χ0v) is 24.7. The zero-order valence-electron chi connectivity index (χ0n) is 24.7. The van der Waals surface area contributed by atoms with Crippen LogP contribution in [-0.2, 0) is 0 Å². The van der Waals surface area contributed by atoms with Crippen LogP contribution < -0.4 is 0 Å². The Kier molecular flexibility index (Phi) is 5.22. The first-order valence-electron chi connectivity index (χ1n) is 15.5. The molecule has 5 heteroatoms. The van der Waals surface area contributed by atoms with Crippen molar-refractivity contribution in [3.8, 4) is 28.7 Å². The van der Waals surface area contributed by atoms with Crippen LogP contribution in [-0.4, -0.2) is 23.9 Å². The van der Waals surface area contributed by atoms with Crippen molar-refractivity contribution in [3.05, 3.63) is 152 Å². The standard InChI is InChI=1S/C41H25N5/c1-3-13-26(14-4-1)39-42-40(27-15-5-2-6-16-27)44-41(43-39)46-34-22-12-9-19-30(34)38-35(46)24-23-31-36-25-28-17-7-10-20-32(28)45(36)33-21-11-8-18-29(33)37(31)38/h1-25H. The van der Waals surface area contributed by atoms with Gasteiger partial charge in [0.2, 0.25) is 5.95 Å². The monoisotopic (exact) mass is 587 g/mol. The summed E-state index contributed by atoms with van der Waals surface area (Å²) >= 11 is 0. The number of hydrogen-bond acceptors (Lipinski definition) is 3. The molecule has 46 heavy (non-hydrogen) atoms. The van der Waals surface area contributed by atoms with E-state index in [1.165, 1.54) is 43.5 Å². The van der Waals surface area contributed by atoms with Gasteiger partial charge in [0, 0.05) is 43.4 Å². The molecule has 5 nitrogen and oxygen atoms in total. The fourth-order valence-corrected chi connectivity index (χ4v) is 7.16. The highest BCUT2D eigenvalue weighted by molar-refractivity contribution is 6.31. The van der Waals surface area contributed by atoms with E-state index >= 15 is 0 Å². The van der Waals surface area contributed by atoms with Crippen LogP contribution >= 0.6 is 0 Å². The van der Waals surface area contributed by atoms with Gasteiger partial charge in [0.1, 0.15) is 0 Å². The molecular formula is C41H25N5.